The average Bonchev–Trinajstić information content (AvgIpc) is 2.72. The van der Waals surface area contributed by atoms with Gasteiger partial charge in [0.1, 0.15) is 0 Å². The monoisotopic (exact) mass is 375 g/mol. The van der Waals surface area contributed by atoms with E-state index in [-0.39, 0.29) is 0 Å². The van der Waals surface area contributed by atoms with Gasteiger partial charge in [-0.25, -0.2) is 0 Å². The summed E-state index contributed by atoms with van der Waals surface area (Å²) < 4.78 is 6.08. The van der Waals surface area contributed by atoms with Crippen molar-refractivity contribution in [3.63, 3.8) is 0 Å². The molecular weight excluding hydrogens is 330 g/mol. The quantitative estimate of drug-likeness (QED) is 0.307. The lowest BCUT2D eigenvalue weighted by molar-refractivity contribution is 0.0187. The van der Waals surface area contributed by atoms with Crippen LogP contribution in [0.4, 0.5) is 0 Å². The van der Waals surface area contributed by atoms with Crippen molar-refractivity contribution in [2.24, 2.45) is 17.8 Å². The van der Waals surface area contributed by atoms with Gasteiger partial charge in [-0.1, -0.05) is 84.0 Å². The molecule has 0 saturated heterocycles. The van der Waals surface area contributed by atoms with Crippen LogP contribution in [0.25, 0.3) is 0 Å². The first kappa shape index (κ1) is 22.7. The summed E-state index contributed by atoms with van der Waals surface area (Å²) in [7, 11) is 0. The maximum absolute atomic E-state index is 8.96. The molecule has 27 heavy (non-hydrogen) atoms. The molecule has 0 atom stereocenters. The summed E-state index contributed by atoms with van der Waals surface area (Å²) in [5, 5.41) is 8.96. The van der Waals surface area contributed by atoms with E-state index >= 15 is 0 Å². The largest absolute Gasteiger partial charge is 0.378 e. The Morgan fingerprint density at radius 1 is 0.704 bits per heavy atom. The van der Waals surface area contributed by atoms with E-state index < -0.39 is 0 Å². The molecule has 0 spiro atoms. The van der Waals surface area contributed by atoms with Crippen molar-refractivity contribution < 1.29 is 4.74 Å². The molecule has 0 aromatic rings. The molecule has 0 unspecified atom stereocenters. The molecule has 0 aromatic carbocycles. The Hall–Kier alpha value is -0.550. The van der Waals surface area contributed by atoms with Crippen molar-refractivity contribution in [1.82, 2.24) is 0 Å². The lowest BCUT2D eigenvalue weighted by Crippen LogP contribution is -2.22. The summed E-state index contributed by atoms with van der Waals surface area (Å²) in [5.41, 5.74) is 0. The minimum Gasteiger partial charge on any atom is -0.378 e. The Morgan fingerprint density at radius 2 is 1.26 bits per heavy atom. The zero-order chi connectivity index (χ0) is 19.2. The molecule has 156 valence electrons. The van der Waals surface area contributed by atoms with Crippen LogP contribution in [0.5, 0.6) is 0 Å². The Labute approximate surface area is 169 Å². The van der Waals surface area contributed by atoms with E-state index in [9.17, 15) is 0 Å². The first-order valence-electron chi connectivity index (χ1n) is 12.3. The second kappa shape index (κ2) is 14.4. The smallest absolute Gasteiger partial charge is 0.0655 e. The first-order chi connectivity index (χ1) is 13.3. The molecule has 2 fully saturated rings. The van der Waals surface area contributed by atoms with Crippen molar-refractivity contribution in [2.75, 3.05) is 6.61 Å². The summed E-state index contributed by atoms with van der Waals surface area (Å²) in [6.07, 6.45) is 24.9. The molecule has 2 nitrogen and oxygen atoms in total. The zero-order valence-electron chi connectivity index (χ0n) is 18.1. The molecule has 0 N–H and O–H groups in total. The summed E-state index contributed by atoms with van der Waals surface area (Å²) in [5.74, 6) is 2.29. The Balaban J connectivity index is 1.40. The van der Waals surface area contributed by atoms with Crippen LogP contribution in [0.15, 0.2) is 0 Å². The fraction of sp³-hybridized carbons (Fsp3) is 0.960. The van der Waals surface area contributed by atoms with Crippen LogP contribution < -0.4 is 0 Å². The molecule has 0 aromatic heterocycles. The zero-order valence-corrected chi connectivity index (χ0v) is 18.1. The van der Waals surface area contributed by atoms with Crippen molar-refractivity contribution >= 4 is 0 Å². The molecule has 2 rings (SSSR count). The van der Waals surface area contributed by atoms with Gasteiger partial charge in [-0.15, -0.1) is 0 Å². The minimum atomic E-state index is 0.293. The number of hydrogen-bond donors (Lipinski definition) is 0. The standard InChI is InChI=1S/C25H45NO/c1-2-3-4-5-6-7-8-10-22-12-14-23(15-13-22)11-9-20-27-25-18-16-24(21-26)17-19-25/h22-25H,2-20H2,1H3. The van der Waals surface area contributed by atoms with Gasteiger partial charge in [0, 0.05) is 12.5 Å². The molecule has 2 aliphatic rings. The number of ether oxygens (including phenoxy) is 1. The SMILES string of the molecule is CCCCCCCCCC1CCC(CCCOC2CCC(C#N)CC2)CC1. The third-order valence-electron chi connectivity index (χ3n) is 7.15. The van der Waals surface area contributed by atoms with Crippen LogP contribution in [0.3, 0.4) is 0 Å². The van der Waals surface area contributed by atoms with Crippen molar-refractivity contribution in [3.8, 4) is 6.07 Å². The third kappa shape index (κ3) is 9.98. The van der Waals surface area contributed by atoms with Gasteiger partial charge in [0.25, 0.3) is 0 Å². The molecular formula is C25H45NO. The second-order valence-electron chi connectivity index (χ2n) is 9.41. The van der Waals surface area contributed by atoms with Gasteiger partial charge < -0.3 is 4.74 Å². The van der Waals surface area contributed by atoms with Gasteiger partial charge in [0.05, 0.1) is 12.2 Å². The van der Waals surface area contributed by atoms with E-state index in [1.807, 2.05) is 0 Å². The molecule has 2 heteroatoms. The fourth-order valence-electron chi connectivity index (χ4n) is 5.18. The fourth-order valence-corrected chi connectivity index (χ4v) is 5.18. The minimum absolute atomic E-state index is 0.293. The van der Waals surface area contributed by atoms with Crippen molar-refractivity contribution in [2.45, 2.75) is 129 Å². The van der Waals surface area contributed by atoms with Crippen molar-refractivity contribution in [1.29, 1.82) is 5.26 Å². The lowest BCUT2D eigenvalue weighted by atomic mass is 9.78. The van der Waals surface area contributed by atoms with Crippen LogP contribution in [0.1, 0.15) is 122 Å². The predicted octanol–water partition coefficient (Wildman–Crippen LogP) is 7.81. The molecule has 0 heterocycles. The summed E-state index contributed by atoms with van der Waals surface area (Å²) in [4.78, 5) is 0. The maximum Gasteiger partial charge on any atom is 0.0655 e. The Bertz CT molecular complexity index is 386. The number of nitriles is 1. The molecule has 0 amide bonds. The topological polar surface area (TPSA) is 33.0 Å². The van der Waals surface area contributed by atoms with E-state index in [0.29, 0.717) is 12.0 Å². The van der Waals surface area contributed by atoms with Gasteiger partial charge in [-0.05, 0) is 50.4 Å². The van der Waals surface area contributed by atoms with E-state index in [2.05, 4.69) is 13.0 Å². The normalized spacial score (nSPS) is 28.7. The highest BCUT2D eigenvalue weighted by atomic mass is 16.5. The van der Waals surface area contributed by atoms with Gasteiger partial charge in [0.15, 0.2) is 0 Å². The number of unbranched alkanes of at least 4 members (excludes halogenated alkanes) is 6. The van der Waals surface area contributed by atoms with Crippen LogP contribution in [-0.4, -0.2) is 12.7 Å². The highest BCUT2D eigenvalue weighted by molar-refractivity contribution is 4.87. The summed E-state index contributed by atoms with van der Waals surface area (Å²) >= 11 is 0. The predicted molar refractivity (Wildman–Crippen MR) is 115 cm³/mol. The van der Waals surface area contributed by atoms with Crippen LogP contribution in [-0.2, 0) is 4.74 Å². The highest BCUT2D eigenvalue weighted by Crippen LogP contribution is 2.34. The van der Waals surface area contributed by atoms with Crippen LogP contribution in [0, 0.1) is 29.1 Å². The molecule has 0 bridgehead atoms. The van der Waals surface area contributed by atoms with Crippen LogP contribution >= 0.6 is 0 Å². The van der Waals surface area contributed by atoms with E-state index in [1.54, 1.807) is 0 Å². The number of nitrogens with zero attached hydrogens (tertiary/aromatic N) is 1. The van der Waals surface area contributed by atoms with E-state index in [4.69, 9.17) is 10.00 Å². The Kier molecular flexibility index (Phi) is 12.2. The summed E-state index contributed by atoms with van der Waals surface area (Å²) in [6, 6.07) is 2.41. The molecule has 2 saturated carbocycles. The van der Waals surface area contributed by atoms with E-state index in [0.717, 1.165) is 44.1 Å². The van der Waals surface area contributed by atoms with Gasteiger partial charge in [0.2, 0.25) is 0 Å². The highest BCUT2D eigenvalue weighted by Gasteiger charge is 2.22. The molecule has 2 aliphatic carbocycles. The van der Waals surface area contributed by atoms with Crippen LogP contribution in [0.2, 0.25) is 0 Å². The number of hydrogen-bond acceptors (Lipinski definition) is 2. The van der Waals surface area contributed by atoms with Gasteiger partial charge >= 0.3 is 0 Å². The molecule has 0 radical (unpaired) electrons. The van der Waals surface area contributed by atoms with Gasteiger partial charge in [-0.3, -0.25) is 0 Å². The maximum atomic E-state index is 8.96. The van der Waals surface area contributed by atoms with Gasteiger partial charge in [-0.2, -0.15) is 5.26 Å². The first-order valence-corrected chi connectivity index (χ1v) is 12.3. The summed E-state index contributed by atoms with van der Waals surface area (Å²) in [6.45, 7) is 3.24. The number of rotatable bonds is 13. The Morgan fingerprint density at radius 3 is 1.85 bits per heavy atom. The lowest BCUT2D eigenvalue weighted by Gasteiger charge is -2.29. The average molecular weight is 376 g/mol. The van der Waals surface area contributed by atoms with E-state index in [1.165, 1.54) is 89.9 Å². The molecule has 0 aliphatic heterocycles. The van der Waals surface area contributed by atoms with Crippen molar-refractivity contribution in [3.05, 3.63) is 0 Å². The third-order valence-corrected chi connectivity index (χ3v) is 7.15. The second-order valence-corrected chi connectivity index (χ2v) is 9.41.